The summed E-state index contributed by atoms with van der Waals surface area (Å²) in [7, 11) is 0. The van der Waals surface area contributed by atoms with Crippen molar-refractivity contribution in [2.45, 2.75) is 72.3 Å². The van der Waals surface area contributed by atoms with E-state index < -0.39 is 0 Å². The Morgan fingerprint density at radius 2 is 2.00 bits per heavy atom. The number of hydrogen-bond donors (Lipinski definition) is 0. The van der Waals surface area contributed by atoms with Crippen molar-refractivity contribution in [1.82, 2.24) is 15.0 Å². The van der Waals surface area contributed by atoms with Gasteiger partial charge in [-0.3, -0.25) is 4.68 Å². The molecule has 0 unspecified atom stereocenters. The summed E-state index contributed by atoms with van der Waals surface area (Å²) in [5.41, 5.74) is 1.16. The minimum atomic E-state index is 0.819. The van der Waals surface area contributed by atoms with Crippen LogP contribution in [0.15, 0.2) is 6.20 Å². The maximum atomic E-state index is 4.22. The van der Waals surface area contributed by atoms with Gasteiger partial charge in [0.25, 0.3) is 0 Å². The summed E-state index contributed by atoms with van der Waals surface area (Å²) in [5, 5.41) is 8.39. The van der Waals surface area contributed by atoms with Crippen LogP contribution in [0, 0.1) is 5.92 Å². The zero-order chi connectivity index (χ0) is 12.5. The highest BCUT2D eigenvalue weighted by atomic mass is 15.4. The Morgan fingerprint density at radius 3 is 2.71 bits per heavy atom. The largest absolute Gasteiger partial charge is 0.252 e. The van der Waals surface area contributed by atoms with Gasteiger partial charge in [-0.05, 0) is 25.2 Å². The number of aryl methyl sites for hydroxylation is 2. The number of nitrogens with zero attached hydrogens (tertiary/aromatic N) is 3. The highest BCUT2D eigenvalue weighted by Crippen LogP contribution is 2.09. The van der Waals surface area contributed by atoms with E-state index in [9.17, 15) is 0 Å². The summed E-state index contributed by atoms with van der Waals surface area (Å²) >= 11 is 0. The van der Waals surface area contributed by atoms with Gasteiger partial charge in [0.15, 0.2) is 0 Å². The van der Waals surface area contributed by atoms with Gasteiger partial charge in [0, 0.05) is 12.7 Å². The van der Waals surface area contributed by atoms with Crippen molar-refractivity contribution in [1.29, 1.82) is 0 Å². The van der Waals surface area contributed by atoms with Crippen molar-refractivity contribution in [2.75, 3.05) is 0 Å². The van der Waals surface area contributed by atoms with Gasteiger partial charge >= 0.3 is 0 Å². The van der Waals surface area contributed by atoms with E-state index in [0.717, 1.165) is 24.6 Å². The van der Waals surface area contributed by atoms with Crippen LogP contribution in [0.25, 0.3) is 0 Å². The molecule has 1 aromatic rings. The topological polar surface area (TPSA) is 30.7 Å². The summed E-state index contributed by atoms with van der Waals surface area (Å²) in [6, 6.07) is 0. The molecule has 0 bridgehead atoms. The summed E-state index contributed by atoms with van der Waals surface area (Å²) < 4.78 is 1.99. The van der Waals surface area contributed by atoms with Crippen LogP contribution in [0.2, 0.25) is 0 Å². The van der Waals surface area contributed by atoms with E-state index in [1.165, 1.54) is 38.5 Å². The predicted octanol–water partition coefficient (Wildman–Crippen LogP) is 3.84. The molecule has 98 valence electrons. The number of aromatic nitrogens is 3. The number of unbranched alkanes of at least 4 members (excludes halogenated alkanes) is 3. The van der Waals surface area contributed by atoms with E-state index in [2.05, 4.69) is 37.3 Å². The molecule has 0 amide bonds. The normalized spacial score (nSPS) is 11.3. The maximum Gasteiger partial charge on any atom is 0.0827 e. The lowest BCUT2D eigenvalue weighted by molar-refractivity contribution is 0.535. The first-order valence-corrected chi connectivity index (χ1v) is 7.11. The fraction of sp³-hybridized carbons (Fsp3) is 0.857. The Hall–Kier alpha value is -0.860. The van der Waals surface area contributed by atoms with Crippen molar-refractivity contribution < 1.29 is 0 Å². The smallest absolute Gasteiger partial charge is 0.0827 e. The third-order valence-corrected chi connectivity index (χ3v) is 3.04. The molecule has 3 heteroatoms. The average Bonchev–Trinajstić information content (AvgIpc) is 2.73. The minimum Gasteiger partial charge on any atom is -0.252 e. The third-order valence-electron chi connectivity index (χ3n) is 3.04. The van der Waals surface area contributed by atoms with Crippen LogP contribution < -0.4 is 0 Å². The van der Waals surface area contributed by atoms with E-state index in [-0.39, 0.29) is 0 Å². The molecule has 0 spiro atoms. The lowest BCUT2D eigenvalue weighted by Crippen LogP contribution is -1.98. The molecule has 0 saturated heterocycles. The van der Waals surface area contributed by atoms with Gasteiger partial charge < -0.3 is 0 Å². The van der Waals surface area contributed by atoms with E-state index in [1.807, 2.05) is 4.68 Å². The molecule has 1 rings (SSSR count). The average molecular weight is 237 g/mol. The zero-order valence-electron chi connectivity index (χ0n) is 11.7. The van der Waals surface area contributed by atoms with Gasteiger partial charge in [-0.15, -0.1) is 5.10 Å². The van der Waals surface area contributed by atoms with E-state index in [4.69, 9.17) is 0 Å². The molecule has 0 aromatic carbocycles. The van der Waals surface area contributed by atoms with Gasteiger partial charge in [0.05, 0.1) is 5.69 Å². The van der Waals surface area contributed by atoms with Crippen molar-refractivity contribution in [3.63, 3.8) is 0 Å². The standard InChI is InChI=1S/C14H27N3/c1-4-5-8-11-17-12-14(15-16-17)10-7-6-9-13(2)3/h12-13H,4-11H2,1-3H3. The summed E-state index contributed by atoms with van der Waals surface area (Å²) in [5.74, 6) is 0.819. The predicted molar refractivity (Wildman–Crippen MR) is 71.9 cm³/mol. The van der Waals surface area contributed by atoms with Crippen molar-refractivity contribution in [3.8, 4) is 0 Å². The molecule has 1 heterocycles. The molecule has 0 atom stereocenters. The highest BCUT2D eigenvalue weighted by Gasteiger charge is 2.01. The fourth-order valence-corrected chi connectivity index (χ4v) is 1.94. The number of hydrogen-bond acceptors (Lipinski definition) is 2. The van der Waals surface area contributed by atoms with Gasteiger partial charge in [-0.1, -0.05) is 51.7 Å². The summed E-state index contributed by atoms with van der Waals surface area (Å²) in [6.07, 6.45) is 10.8. The Labute approximate surface area is 106 Å². The molecule has 1 aromatic heterocycles. The molecule has 0 N–H and O–H groups in total. The second-order valence-corrected chi connectivity index (χ2v) is 5.32. The van der Waals surface area contributed by atoms with Crippen molar-refractivity contribution >= 4 is 0 Å². The highest BCUT2D eigenvalue weighted by molar-refractivity contribution is 4.92. The minimum absolute atomic E-state index is 0.819. The van der Waals surface area contributed by atoms with Gasteiger partial charge in [0.1, 0.15) is 0 Å². The Bertz CT molecular complexity index is 291. The first kappa shape index (κ1) is 14.2. The monoisotopic (exact) mass is 237 g/mol. The molecule has 0 fully saturated rings. The lowest BCUT2D eigenvalue weighted by atomic mass is 10.0. The van der Waals surface area contributed by atoms with Gasteiger partial charge in [-0.2, -0.15) is 0 Å². The van der Waals surface area contributed by atoms with Crippen LogP contribution in [-0.4, -0.2) is 15.0 Å². The Kier molecular flexibility index (Phi) is 6.90. The molecule has 0 radical (unpaired) electrons. The molecule has 0 aliphatic carbocycles. The van der Waals surface area contributed by atoms with Crippen molar-refractivity contribution in [2.24, 2.45) is 5.92 Å². The van der Waals surface area contributed by atoms with Crippen LogP contribution in [0.1, 0.15) is 65.0 Å². The molecule has 0 saturated carbocycles. The fourth-order valence-electron chi connectivity index (χ4n) is 1.94. The maximum absolute atomic E-state index is 4.22. The number of rotatable bonds is 9. The molecule has 3 nitrogen and oxygen atoms in total. The quantitative estimate of drug-likeness (QED) is 0.611. The van der Waals surface area contributed by atoms with Crippen LogP contribution in [-0.2, 0) is 13.0 Å². The van der Waals surface area contributed by atoms with Crippen LogP contribution >= 0.6 is 0 Å². The van der Waals surface area contributed by atoms with E-state index in [0.29, 0.717) is 0 Å². The molecule has 17 heavy (non-hydrogen) atoms. The lowest BCUT2D eigenvalue weighted by Gasteiger charge is -2.02. The van der Waals surface area contributed by atoms with Crippen LogP contribution in [0.3, 0.4) is 0 Å². The Balaban J connectivity index is 2.16. The SMILES string of the molecule is CCCCCn1cc(CCCCC(C)C)nn1. The second-order valence-electron chi connectivity index (χ2n) is 5.32. The molecule has 0 aliphatic rings. The zero-order valence-corrected chi connectivity index (χ0v) is 11.7. The third kappa shape index (κ3) is 6.44. The molecular formula is C14H27N3. The summed E-state index contributed by atoms with van der Waals surface area (Å²) in [6.45, 7) is 7.81. The second kappa shape index (κ2) is 8.26. The first-order chi connectivity index (χ1) is 8.22. The van der Waals surface area contributed by atoms with E-state index >= 15 is 0 Å². The summed E-state index contributed by atoms with van der Waals surface area (Å²) in [4.78, 5) is 0. The van der Waals surface area contributed by atoms with Crippen LogP contribution in [0.4, 0.5) is 0 Å². The van der Waals surface area contributed by atoms with Gasteiger partial charge in [0.2, 0.25) is 0 Å². The van der Waals surface area contributed by atoms with Crippen molar-refractivity contribution in [3.05, 3.63) is 11.9 Å². The molecule has 0 aliphatic heterocycles. The molecular weight excluding hydrogens is 210 g/mol. The van der Waals surface area contributed by atoms with Crippen LogP contribution in [0.5, 0.6) is 0 Å². The Morgan fingerprint density at radius 1 is 1.18 bits per heavy atom. The first-order valence-electron chi connectivity index (χ1n) is 7.11. The van der Waals surface area contributed by atoms with E-state index in [1.54, 1.807) is 0 Å². The van der Waals surface area contributed by atoms with Gasteiger partial charge in [-0.25, -0.2) is 0 Å².